The molecule has 3 aromatic carbocycles. The first-order valence-electron chi connectivity index (χ1n) is 13.0. The second-order valence-corrected chi connectivity index (χ2v) is 10.9. The van der Waals surface area contributed by atoms with Gasteiger partial charge in [-0.25, -0.2) is 0 Å². The van der Waals surface area contributed by atoms with E-state index in [9.17, 15) is 4.79 Å². The zero-order chi connectivity index (χ0) is 27.6. The quantitative estimate of drug-likeness (QED) is 0.128. The summed E-state index contributed by atoms with van der Waals surface area (Å²) < 4.78 is 7.21. The number of benzene rings is 3. The van der Waals surface area contributed by atoms with Gasteiger partial charge in [0, 0.05) is 16.3 Å². The third-order valence-corrected chi connectivity index (χ3v) is 7.83. The molecule has 9 heteroatoms. The third kappa shape index (κ3) is 8.01. The molecular formula is C30H32Cl2N4O2S. The molecule has 4 aromatic rings. The minimum absolute atomic E-state index is 0.171. The summed E-state index contributed by atoms with van der Waals surface area (Å²) in [6.45, 7) is 2.39. The number of aryl methyl sites for hydroxylation is 1. The predicted octanol–water partition coefficient (Wildman–Crippen LogP) is 7.93. The SMILES string of the molecule is CCCCCCc1ccc(C(=O)NCc2nnc(SCc3cccc(OC)c3)n2-c2ccc(Cl)cc2Cl)cc1. The van der Waals surface area contributed by atoms with Crippen LogP contribution in [-0.4, -0.2) is 27.8 Å². The molecule has 39 heavy (non-hydrogen) atoms. The van der Waals surface area contributed by atoms with Crippen LogP contribution >= 0.6 is 35.0 Å². The highest BCUT2D eigenvalue weighted by molar-refractivity contribution is 7.98. The lowest BCUT2D eigenvalue weighted by Gasteiger charge is -2.13. The average Bonchev–Trinajstić information content (AvgIpc) is 3.35. The molecule has 6 nitrogen and oxygen atoms in total. The van der Waals surface area contributed by atoms with Crippen LogP contribution < -0.4 is 10.1 Å². The highest BCUT2D eigenvalue weighted by Crippen LogP contribution is 2.31. The van der Waals surface area contributed by atoms with Gasteiger partial charge in [-0.1, -0.05) is 85.4 Å². The Balaban J connectivity index is 1.49. The Morgan fingerprint density at radius 1 is 0.974 bits per heavy atom. The van der Waals surface area contributed by atoms with Crippen molar-refractivity contribution in [1.29, 1.82) is 0 Å². The second-order valence-electron chi connectivity index (χ2n) is 9.16. The molecule has 1 N–H and O–H groups in total. The molecule has 0 aliphatic rings. The van der Waals surface area contributed by atoms with Crippen LogP contribution in [-0.2, 0) is 18.7 Å². The van der Waals surface area contributed by atoms with Gasteiger partial charge in [0.1, 0.15) is 5.75 Å². The van der Waals surface area contributed by atoms with Crippen LogP contribution in [0.5, 0.6) is 5.75 Å². The van der Waals surface area contributed by atoms with E-state index in [1.807, 2.05) is 59.2 Å². The maximum atomic E-state index is 12.9. The number of carbonyl (C=O) groups excluding carboxylic acids is 1. The molecule has 0 atom stereocenters. The van der Waals surface area contributed by atoms with E-state index in [1.165, 1.54) is 43.0 Å². The topological polar surface area (TPSA) is 69.0 Å². The first-order valence-corrected chi connectivity index (χ1v) is 14.7. The zero-order valence-corrected chi connectivity index (χ0v) is 24.5. The zero-order valence-electron chi connectivity index (χ0n) is 22.1. The van der Waals surface area contributed by atoms with Crippen LogP contribution in [0.4, 0.5) is 0 Å². The van der Waals surface area contributed by atoms with Gasteiger partial charge in [-0.05, 0) is 66.4 Å². The number of hydrogen-bond donors (Lipinski definition) is 1. The predicted molar refractivity (Wildman–Crippen MR) is 159 cm³/mol. The van der Waals surface area contributed by atoms with Crippen molar-refractivity contribution in [2.75, 3.05) is 7.11 Å². The Morgan fingerprint density at radius 2 is 1.79 bits per heavy atom. The Morgan fingerprint density at radius 3 is 2.54 bits per heavy atom. The number of rotatable bonds is 13. The Kier molecular flexibility index (Phi) is 10.7. The lowest BCUT2D eigenvalue weighted by Crippen LogP contribution is -2.24. The maximum Gasteiger partial charge on any atom is 0.251 e. The van der Waals surface area contributed by atoms with Crippen LogP contribution in [0.15, 0.2) is 71.9 Å². The number of carbonyl (C=O) groups is 1. The van der Waals surface area contributed by atoms with Crippen LogP contribution in [0.25, 0.3) is 5.69 Å². The van der Waals surface area contributed by atoms with Gasteiger partial charge in [0.25, 0.3) is 5.91 Å². The fourth-order valence-electron chi connectivity index (χ4n) is 4.16. The molecule has 1 heterocycles. The molecule has 204 valence electrons. The molecule has 0 fully saturated rings. The maximum absolute atomic E-state index is 12.9. The fourth-order valence-corrected chi connectivity index (χ4v) is 5.56. The summed E-state index contributed by atoms with van der Waals surface area (Å²) in [6, 6.07) is 21.0. The number of nitrogens with one attached hydrogen (secondary N) is 1. The summed E-state index contributed by atoms with van der Waals surface area (Å²) >= 11 is 14.2. The van der Waals surface area contributed by atoms with Gasteiger partial charge in [-0.2, -0.15) is 0 Å². The van der Waals surface area contributed by atoms with Gasteiger partial charge in [0.2, 0.25) is 0 Å². The summed E-state index contributed by atoms with van der Waals surface area (Å²) in [7, 11) is 1.65. The van der Waals surface area contributed by atoms with E-state index in [0.717, 1.165) is 17.7 Å². The van der Waals surface area contributed by atoms with E-state index in [1.54, 1.807) is 19.2 Å². The number of aromatic nitrogens is 3. The molecule has 0 radical (unpaired) electrons. The third-order valence-electron chi connectivity index (χ3n) is 6.30. The van der Waals surface area contributed by atoms with E-state index in [-0.39, 0.29) is 12.5 Å². The molecule has 0 unspecified atom stereocenters. The first-order chi connectivity index (χ1) is 19.0. The van der Waals surface area contributed by atoms with Gasteiger partial charge in [0.15, 0.2) is 11.0 Å². The number of ether oxygens (including phenoxy) is 1. The van der Waals surface area contributed by atoms with Gasteiger partial charge in [-0.15, -0.1) is 10.2 Å². The number of unbranched alkanes of at least 4 members (excludes halogenated alkanes) is 3. The van der Waals surface area contributed by atoms with Crippen LogP contribution in [0.1, 0.15) is 59.9 Å². The van der Waals surface area contributed by atoms with Crippen molar-refractivity contribution in [2.24, 2.45) is 0 Å². The lowest BCUT2D eigenvalue weighted by molar-refractivity contribution is 0.0949. The number of nitrogens with zero attached hydrogens (tertiary/aromatic N) is 3. The number of amides is 1. The Labute approximate surface area is 244 Å². The van der Waals surface area contributed by atoms with Crippen molar-refractivity contribution in [3.63, 3.8) is 0 Å². The van der Waals surface area contributed by atoms with Crippen LogP contribution in [0, 0.1) is 0 Å². The summed E-state index contributed by atoms with van der Waals surface area (Å²) in [6.07, 6.45) is 5.91. The van der Waals surface area contributed by atoms with Crippen molar-refractivity contribution in [3.05, 3.63) is 99.3 Å². The minimum atomic E-state index is -0.171. The van der Waals surface area contributed by atoms with E-state index < -0.39 is 0 Å². The summed E-state index contributed by atoms with van der Waals surface area (Å²) in [5, 5.41) is 13.4. The van der Waals surface area contributed by atoms with Crippen LogP contribution in [0.2, 0.25) is 10.0 Å². The molecule has 0 aliphatic carbocycles. The lowest BCUT2D eigenvalue weighted by atomic mass is 10.0. The van der Waals surface area contributed by atoms with Crippen molar-refractivity contribution < 1.29 is 9.53 Å². The first kappa shape index (κ1) is 29.0. The van der Waals surface area contributed by atoms with Gasteiger partial charge < -0.3 is 10.1 Å². The molecular weight excluding hydrogens is 551 g/mol. The summed E-state index contributed by atoms with van der Waals surface area (Å²) in [4.78, 5) is 12.9. The van der Waals surface area contributed by atoms with Crippen molar-refractivity contribution in [2.45, 2.75) is 56.5 Å². The van der Waals surface area contributed by atoms with Gasteiger partial charge in [-0.3, -0.25) is 9.36 Å². The molecule has 0 saturated heterocycles. The van der Waals surface area contributed by atoms with E-state index >= 15 is 0 Å². The molecule has 0 bridgehead atoms. The molecule has 1 amide bonds. The summed E-state index contributed by atoms with van der Waals surface area (Å²) in [5.74, 6) is 1.84. The van der Waals surface area contributed by atoms with Crippen molar-refractivity contribution >= 4 is 40.9 Å². The Hall–Kier alpha value is -3.00. The highest BCUT2D eigenvalue weighted by atomic mass is 35.5. The molecule has 0 aliphatic heterocycles. The average molecular weight is 584 g/mol. The second kappa shape index (κ2) is 14.4. The minimum Gasteiger partial charge on any atom is -0.497 e. The van der Waals surface area contributed by atoms with Crippen molar-refractivity contribution in [1.82, 2.24) is 20.1 Å². The van der Waals surface area contributed by atoms with E-state index in [2.05, 4.69) is 22.4 Å². The number of halogens is 2. The molecule has 4 rings (SSSR count). The largest absolute Gasteiger partial charge is 0.497 e. The number of hydrogen-bond acceptors (Lipinski definition) is 5. The van der Waals surface area contributed by atoms with E-state index in [4.69, 9.17) is 27.9 Å². The van der Waals surface area contributed by atoms with Gasteiger partial charge >= 0.3 is 0 Å². The van der Waals surface area contributed by atoms with Gasteiger partial charge in [0.05, 0.1) is 24.4 Å². The summed E-state index contributed by atoms with van der Waals surface area (Å²) in [5.41, 5.74) is 3.63. The smallest absolute Gasteiger partial charge is 0.251 e. The van der Waals surface area contributed by atoms with Crippen LogP contribution in [0.3, 0.4) is 0 Å². The fraction of sp³-hybridized carbons (Fsp3) is 0.300. The normalized spacial score (nSPS) is 11.0. The van der Waals surface area contributed by atoms with E-state index in [0.29, 0.717) is 38.0 Å². The monoisotopic (exact) mass is 582 g/mol. The molecule has 0 saturated carbocycles. The standard InChI is InChI=1S/C30H32Cl2N4O2S/c1-3-4-5-6-8-21-11-13-23(14-12-21)29(37)33-19-28-34-35-30(36(28)27-16-15-24(31)18-26(27)32)39-20-22-9-7-10-25(17-22)38-2/h7,9-18H,3-6,8,19-20H2,1-2H3,(H,33,37). The number of methoxy groups -OCH3 is 1. The molecule has 1 aromatic heterocycles. The Bertz CT molecular complexity index is 1390. The van der Waals surface area contributed by atoms with Crippen molar-refractivity contribution in [3.8, 4) is 11.4 Å². The highest BCUT2D eigenvalue weighted by Gasteiger charge is 2.18. The molecule has 0 spiro atoms. The number of thioether (sulfide) groups is 1.